The Morgan fingerprint density at radius 3 is 2.25 bits per heavy atom. The molecule has 1 aliphatic rings. The topological polar surface area (TPSA) is 119 Å². The third-order valence-electron chi connectivity index (χ3n) is 4.22. The molecule has 0 spiro atoms. The number of hydrogen-bond acceptors (Lipinski definition) is 5. The van der Waals surface area contributed by atoms with Crippen LogP contribution in [0.2, 0.25) is 5.02 Å². The smallest absolute Gasteiger partial charge is 0.264 e. The normalized spacial score (nSPS) is 17.8. The Labute approximate surface area is 169 Å². The lowest BCUT2D eigenvalue weighted by atomic mass is 10.1. The molecule has 0 fully saturated rings. The molecule has 0 radical (unpaired) electrons. The van der Waals surface area contributed by atoms with Crippen LogP contribution in [0.3, 0.4) is 0 Å². The highest BCUT2D eigenvalue weighted by Crippen LogP contribution is 2.30. The average Bonchev–Trinajstić information content (AvgIpc) is 2.84. The minimum absolute atomic E-state index is 0.0394. The van der Waals surface area contributed by atoms with E-state index >= 15 is 0 Å². The van der Waals surface area contributed by atoms with Crippen molar-refractivity contribution in [1.29, 1.82) is 0 Å². The van der Waals surface area contributed by atoms with Gasteiger partial charge in [0.15, 0.2) is 0 Å². The maximum absolute atomic E-state index is 12.5. The van der Waals surface area contributed by atoms with Gasteiger partial charge in [-0.05, 0) is 48.7 Å². The molecule has 0 amide bonds. The van der Waals surface area contributed by atoms with Crippen molar-refractivity contribution in [3.63, 3.8) is 0 Å². The second-order valence-electron chi connectivity index (χ2n) is 6.24. The van der Waals surface area contributed by atoms with Crippen molar-refractivity contribution in [1.82, 2.24) is 4.72 Å². The standard InChI is InChI=1S/C18H18ClN3O4S2/c1-12-17(14-4-6-15(19)7-5-14)28(25,26)22-18(12)21-11-10-13-2-8-16(9-3-13)27(20,23)24/h2-9H,10-11H2,1H3,(H,21,22)(H2,20,23,24). The van der Waals surface area contributed by atoms with Crippen LogP contribution in [0, 0.1) is 0 Å². The molecule has 3 N–H and O–H groups in total. The molecule has 0 saturated heterocycles. The summed E-state index contributed by atoms with van der Waals surface area (Å²) in [4.78, 5) is 4.58. The Bertz CT molecular complexity index is 1170. The molecule has 2 aromatic carbocycles. The first-order valence-electron chi connectivity index (χ1n) is 8.24. The summed E-state index contributed by atoms with van der Waals surface area (Å²) < 4.78 is 50.0. The number of nitrogens with two attached hydrogens (primary N) is 1. The van der Waals surface area contributed by atoms with Crippen LogP contribution in [-0.4, -0.2) is 29.2 Å². The van der Waals surface area contributed by atoms with Gasteiger partial charge in [-0.1, -0.05) is 35.9 Å². The maximum atomic E-state index is 12.5. The van der Waals surface area contributed by atoms with Gasteiger partial charge in [0.1, 0.15) is 10.7 Å². The van der Waals surface area contributed by atoms with Crippen LogP contribution >= 0.6 is 11.6 Å². The molecule has 7 nitrogen and oxygen atoms in total. The van der Waals surface area contributed by atoms with Gasteiger partial charge in [-0.25, -0.2) is 22.0 Å². The Morgan fingerprint density at radius 2 is 1.68 bits per heavy atom. The van der Waals surface area contributed by atoms with E-state index in [1.54, 1.807) is 43.3 Å². The van der Waals surface area contributed by atoms with Crippen LogP contribution in [0.5, 0.6) is 0 Å². The van der Waals surface area contributed by atoms with Crippen LogP contribution in [0.25, 0.3) is 4.91 Å². The van der Waals surface area contributed by atoms with Gasteiger partial charge < -0.3 is 0 Å². The van der Waals surface area contributed by atoms with Crippen LogP contribution in [-0.2, 0) is 26.5 Å². The highest BCUT2D eigenvalue weighted by molar-refractivity contribution is 8.00. The number of rotatable bonds is 5. The van der Waals surface area contributed by atoms with E-state index in [-0.39, 0.29) is 9.80 Å². The average molecular weight is 440 g/mol. The number of primary sulfonamides is 1. The SMILES string of the molecule is CC1=C(c2ccc(Cl)cc2)S(=O)(=O)NC1=NCCc1ccc(S(N)(=O)=O)cc1. The van der Waals surface area contributed by atoms with Crippen LogP contribution < -0.4 is 9.86 Å². The Balaban J connectivity index is 1.78. The molecular weight excluding hydrogens is 422 g/mol. The van der Waals surface area contributed by atoms with Crippen molar-refractivity contribution in [3.8, 4) is 0 Å². The van der Waals surface area contributed by atoms with E-state index in [1.807, 2.05) is 0 Å². The highest BCUT2D eigenvalue weighted by Gasteiger charge is 2.32. The highest BCUT2D eigenvalue weighted by atomic mass is 35.5. The number of aliphatic imine (C=N–C) groups is 1. The largest absolute Gasteiger partial charge is 0.267 e. The zero-order chi connectivity index (χ0) is 20.5. The van der Waals surface area contributed by atoms with Crippen molar-refractivity contribution in [2.24, 2.45) is 10.1 Å². The van der Waals surface area contributed by atoms with E-state index in [1.165, 1.54) is 12.1 Å². The first-order valence-corrected chi connectivity index (χ1v) is 11.6. The van der Waals surface area contributed by atoms with Gasteiger partial charge in [-0.2, -0.15) is 0 Å². The number of sulfonamides is 2. The Kier molecular flexibility index (Phi) is 5.62. The van der Waals surface area contributed by atoms with E-state index in [4.69, 9.17) is 16.7 Å². The van der Waals surface area contributed by atoms with Crippen molar-refractivity contribution < 1.29 is 16.8 Å². The molecule has 0 aromatic heterocycles. The second kappa shape index (κ2) is 7.67. The van der Waals surface area contributed by atoms with Crippen LogP contribution in [0.1, 0.15) is 18.1 Å². The molecule has 0 bridgehead atoms. The van der Waals surface area contributed by atoms with Gasteiger partial charge >= 0.3 is 0 Å². The van der Waals surface area contributed by atoms with Crippen LogP contribution in [0.4, 0.5) is 0 Å². The minimum atomic E-state index is -3.73. The van der Waals surface area contributed by atoms with Gasteiger partial charge in [0.25, 0.3) is 10.0 Å². The lowest BCUT2D eigenvalue weighted by molar-refractivity contribution is 0.597. The van der Waals surface area contributed by atoms with Crippen LogP contribution in [0.15, 0.2) is 64.0 Å². The molecule has 0 saturated carbocycles. The lowest BCUT2D eigenvalue weighted by Gasteiger charge is -2.03. The summed E-state index contributed by atoms with van der Waals surface area (Å²) in [6.07, 6.45) is 0.514. The first-order chi connectivity index (χ1) is 13.1. The predicted molar refractivity (Wildman–Crippen MR) is 110 cm³/mol. The summed E-state index contributed by atoms with van der Waals surface area (Å²) in [5.74, 6) is 0.297. The fraction of sp³-hybridized carbons (Fsp3) is 0.167. The quantitative estimate of drug-likeness (QED) is 0.742. The summed E-state index contributed by atoms with van der Waals surface area (Å²) >= 11 is 5.87. The number of nitrogens with one attached hydrogen (secondary N) is 1. The molecule has 2 aromatic rings. The summed E-state index contributed by atoms with van der Waals surface area (Å²) in [7, 11) is -7.42. The van der Waals surface area contributed by atoms with Crippen molar-refractivity contribution in [3.05, 3.63) is 70.3 Å². The Hall–Kier alpha value is -2.20. The second-order valence-corrected chi connectivity index (χ2v) is 9.85. The molecule has 0 atom stereocenters. The summed E-state index contributed by atoms with van der Waals surface area (Å²) in [5, 5.41) is 5.59. The monoisotopic (exact) mass is 439 g/mol. The fourth-order valence-electron chi connectivity index (χ4n) is 2.83. The molecule has 3 rings (SSSR count). The van der Waals surface area contributed by atoms with Gasteiger partial charge in [-0.15, -0.1) is 0 Å². The third-order valence-corrected chi connectivity index (χ3v) is 6.95. The number of halogens is 1. The predicted octanol–water partition coefficient (Wildman–Crippen LogP) is 2.29. The maximum Gasteiger partial charge on any atom is 0.264 e. The number of benzene rings is 2. The summed E-state index contributed by atoms with van der Waals surface area (Å²) in [5.41, 5.74) is 1.93. The molecule has 1 aliphatic heterocycles. The molecule has 0 unspecified atom stereocenters. The van der Waals surface area contributed by atoms with E-state index in [0.717, 1.165) is 5.56 Å². The molecule has 10 heteroatoms. The third kappa shape index (κ3) is 4.44. The van der Waals surface area contributed by atoms with Gasteiger partial charge in [0.2, 0.25) is 10.0 Å². The van der Waals surface area contributed by atoms with E-state index < -0.39 is 20.0 Å². The minimum Gasteiger partial charge on any atom is -0.267 e. The van der Waals surface area contributed by atoms with E-state index in [9.17, 15) is 16.8 Å². The molecule has 28 heavy (non-hydrogen) atoms. The number of nitrogens with zero attached hydrogens (tertiary/aromatic N) is 1. The van der Waals surface area contributed by atoms with Crippen molar-refractivity contribution in [2.45, 2.75) is 18.2 Å². The zero-order valence-electron chi connectivity index (χ0n) is 14.9. The Morgan fingerprint density at radius 1 is 1.07 bits per heavy atom. The number of hydrogen-bond donors (Lipinski definition) is 2. The van der Waals surface area contributed by atoms with Crippen molar-refractivity contribution >= 4 is 42.4 Å². The number of amidine groups is 1. The van der Waals surface area contributed by atoms with Gasteiger partial charge in [0.05, 0.1) is 4.90 Å². The summed E-state index contributed by atoms with van der Waals surface area (Å²) in [6, 6.07) is 12.7. The van der Waals surface area contributed by atoms with Gasteiger partial charge in [-0.3, -0.25) is 9.71 Å². The van der Waals surface area contributed by atoms with E-state index in [0.29, 0.717) is 35.0 Å². The molecule has 0 aliphatic carbocycles. The molecule has 148 valence electrons. The summed E-state index contributed by atoms with van der Waals surface area (Å²) in [6.45, 7) is 2.03. The van der Waals surface area contributed by atoms with Gasteiger partial charge in [0, 0.05) is 17.1 Å². The lowest BCUT2D eigenvalue weighted by Crippen LogP contribution is -2.24. The molecule has 1 heterocycles. The first kappa shape index (κ1) is 20.5. The fourth-order valence-corrected chi connectivity index (χ4v) is 4.99. The molecular formula is C18H18ClN3O4S2. The van der Waals surface area contributed by atoms with Crippen molar-refractivity contribution in [2.75, 3.05) is 6.54 Å². The zero-order valence-corrected chi connectivity index (χ0v) is 17.3. The van der Waals surface area contributed by atoms with E-state index in [2.05, 4.69) is 9.71 Å².